The van der Waals surface area contributed by atoms with E-state index in [0.717, 1.165) is 0 Å². The van der Waals surface area contributed by atoms with Crippen LogP contribution in [0.25, 0.3) is 0 Å². The Morgan fingerprint density at radius 1 is 0.255 bits per heavy atom. The third kappa shape index (κ3) is 42.2. The topological polar surface area (TPSA) is 798 Å². The summed E-state index contributed by atoms with van der Waals surface area (Å²) in [4.78, 5) is 152. The van der Waals surface area contributed by atoms with Crippen molar-refractivity contribution in [2.45, 2.75) is 183 Å². The Hall–Kier alpha value is -10.3. The second kappa shape index (κ2) is 51.0. The lowest BCUT2D eigenvalue weighted by Crippen LogP contribution is -2.60. The van der Waals surface area contributed by atoms with E-state index in [1.807, 2.05) is 0 Å². The molecule has 0 aliphatic rings. The van der Waals surface area contributed by atoms with E-state index >= 15 is 0 Å². The highest BCUT2D eigenvalue weighted by Gasteiger charge is 2.36. The minimum absolute atomic E-state index is 0.000698. The highest BCUT2D eigenvalue weighted by atomic mass is 16.2. The minimum atomic E-state index is -1.54. The van der Waals surface area contributed by atoms with Crippen LogP contribution in [0.4, 0.5) is 0 Å². The number of nitrogens with two attached hydrogens (primary N) is 11. The number of unbranched alkanes of at least 4 members (excludes halogenated alkanes) is 2. The van der Waals surface area contributed by atoms with Crippen LogP contribution >= 0.6 is 0 Å². The van der Waals surface area contributed by atoms with Gasteiger partial charge in [0, 0.05) is 45.7 Å². The van der Waals surface area contributed by atoms with Crippen molar-refractivity contribution in [1.29, 1.82) is 32.5 Å². The summed E-state index contributed by atoms with van der Waals surface area (Å²) < 4.78 is 0. The van der Waals surface area contributed by atoms with E-state index in [4.69, 9.17) is 95.5 Å². The minimum Gasteiger partial charge on any atom is -0.370 e. The van der Waals surface area contributed by atoms with Crippen molar-refractivity contribution >= 4 is 101 Å². The van der Waals surface area contributed by atoms with Crippen LogP contribution in [0.15, 0.2) is 0 Å². The molecule has 98 heavy (non-hydrogen) atoms. The Morgan fingerprint density at radius 2 is 0.449 bits per heavy atom. The molecule has 0 heterocycles. The standard InChI is InChI=1S/C55H110N32O11/c56-21-3-1-11-32(81-44(93)33(12-2-4-22-57)82-49(98)38(19-20-39(59)88)87-42(91)31(79-40(89)29-58)14-6-24-74-51(63)64)45(94)84-35(16-8-26-76-53(67)68)47(96)86-37(18-10-28-78-55(71)72)48(97)85-36(17-9-27-77-54(69)70)46(95)83-34(15-7-25-75-52(65)66)43(92)80-30(41(60)90)13-5-23-73-50(61)62/h30-38H,1-29,56-58H2,(H2,59,88)(H2,60,90)(H,79,89)(H,80,92)(H,81,93)(H,82,98)(H,83,95)(H,84,94)(H,85,97)(H,86,96)(H,87,91)(H4,61,62,73)(H4,63,64,74)(H4,65,66,75)(H4,67,68,76)(H4,69,70,77)(H4,71,72,78)/t30-,31-,32-,33-,34-,35-,36-,37-,38-/m0/s1. The molecule has 9 atom stereocenters. The lowest BCUT2D eigenvalue weighted by molar-refractivity contribution is -0.136. The Kier molecular flexibility index (Phi) is 45.6. The van der Waals surface area contributed by atoms with Crippen LogP contribution in [0.2, 0.25) is 0 Å². The smallest absolute Gasteiger partial charge is 0.243 e. The zero-order valence-corrected chi connectivity index (χ0v) is 55.5. The van der Waals surface area contributed by atoms with Crippen LogP contribution in [0.3, 0.4) is 0 Å². The number of amides is 11. The second-order valence-corrected chi connectivity index (χ2v) is 22.7. The molecule has 43 heteroatoms. The average molecular weight is 1400 g/mol. The summed E-state index contributed by atoms with van der Waals surface area (Å²) in [6, 6.07) is -12.9. The number of carbonyl (C=O) groups is 11. The van der Waals surface area contributed by atoms with Gasteiger partial charge in [0.2, 0.25) is 65.0 Å². The number of primary amides is 2. The maximum Gasteiger partial charge on any atom is 0.243 e. The first-order chi connectivity index (χ1) is 46.3. The van der Waals surface area contributed by atoms with E-state index in [9.17, 15) is 52.7 Å². The van der Waals surface area contributed by atoms with Gasteiger partial charge >= 0.3 is 0 Å². The van der Waals surface area contributed by atoms with Crippen LogP contribution in [0, 0.1) is 32.5 Å². The Morgan fingerprint density at radius 3 is 0.643 bits per heavy atom. The van der Waals surface area contributed by atoms with Gasteiger partial charge < -0.3 is 143 Å². The van der Waals surface area contributed by atoms with Crippen molar-refractivity contribution < 1.29 is 52.7 Å². The lowest BCUT2D eigenvalue weighted by Gasteiger charge is -2.28. The van der Waals surface area contributed by atoms with Gasteiger partial charge in [-0.25, -0.2) is 0 Å². The molecule has 0 radical (unpaired) electrons. The van der Waals surface area contributed by atoms with Gasteiger partial charge in [-0.05, 0) is 135 Å². The number of hydrogen-bond acceptors (Lipinski definition) is 20. The molecular formula is C55H110N32O11. The Bertz CT molecular complexity index is 2640. The van der Waals surface area contributed by atoms with E-state index in [1.54, 1.807) is 0 Å². The molecular weight excluding hydrogens is 1280 g/mol. The maximum absolute atomic E-state index is 14.7. The van der Waals surface area contributed by atoms with Gasteiger partial charge in [-0.3, -0.25) is 85.2 Å². The van der Waals surface area contributed by atoms with Gasteiger partial charge in [-0.15, -0.1) is 0 Å². The van der Waals surface area contributed by atoms with Gasteiger partial charge in [0.15, 0.2) is 35.8 Å². The van der Waals surface area contributed by atoms with E-state index in [-0.39, 0.29) is 179 Å². The molecule has 43 nitrogen and oxygen atoms in total. The van der Waals surface area contributed by atoms with Crippen LogP contribution in [0.5, 0.6) is 0 Å². The van der Waals surface area contributed by atoms with E-state index in [0.29, 0.717) is 12.8 Å². The zero-order chi connectivity index (χ0) is 74.1. The average Bonchev–Trinajstić information content (AvgIpc) is 0.870. The quantitative estimate of drug-likeness (QED) is 0.0153. The highest BCUT2D eigenvalue weighted by molar-refractivity contribution is 5.99. The monoisotopic (exact) mass is 1390 g/mol. The SMILES string of the molecule is N=C(N)NCCC[C@H](NC(=O)[C@H](CCCNC(=N)N)NC(=O)[C@H](CCCNC(=N)N)NC(=O)[C@H](CCCNC(=N)N)NC(=O)[C@H](CCCNC(=N)N)NC(=O)[C@H](CCCCN)NC(=O)[C@H](CCCCN)NC(=O)[C@H](CCC(N)=O)NC(=O)[C@H](CCCNC(=N)N)NC(=O)CN)C(N)=O. The summed E-state index contributed by atoms with van der Waals surface area (Å²) in [7, 11) is 0. The summed E-state index contributed by atoms with van der Waals surface area (Å²) in [6.45, 7) is 0.211. The van der Waals surface area contributed by atoms with Crippen molar-refractivity contribution in [3.8, 4) is 0 Å². The molecule has 556 valence electrons. The predicted octanol–water partition coefficient (Wildman–Crippen LogP) is -11.1. The summed E-state index contributed by atoms with van der Waals surface area (Å²) >= 11 is 0. The molecule has 11 amide bonds. The van der Waals surface area contributed by atoms with Crippen LogP contribution in [-0.2, 0) is 52.7 Å². The fourth-order valence-corrected chi connectivity index (χ4v) is 9.32. The molecule has 0 fully saturated rings. The summed E-state index contributed by atoms with van der Waals surface area (Å²) in [6.07, 6.45) is 0.227. The highest BCUT2D eigenvalue weighted by Crippen LogP contribution is 2.12. The van der Waals surface area contributed by atoms with E-state index in [1.165, 1.54) is 0 Å². The number of hydrogen-bond donors (Lipinski definition) is 32. The van der Waals surface area contributed by atoms with Crippen molar-refractivity contribution in [3.63, 3.8) is 0 Å². The third-order valence-electron chi connectivity index (χ3n) is 14.4. The number of rotatable bonds is 54. The first kappa shape index (κ1) is 87.7. The second-order valence-electron chi connectivity index (χ2n) is 22.7. The number of guanidine groups is 6. The van der Waals surface area contributed by atoms with Crippen molar-refractivity contribution in [2.24, 2.45) is 63.1 Å². The molecule has 0 saturated carbocycles. The molecule has 0 aromatic heterocycles. The maximum atomic E-state index is 14.7. The lowest BCUT2D eigenvalue weighted by atomic mass is 10.0. The van der Waals surface area contributed by atoms with Gasteiger partial charge in [0.1, 0.15) is 54.4 Å². The largest absolute Gasteiger partial charge is 0.370 e. The van der Waals surface area contributed by atoms with Crippen LogP contribution in [0.1, 0.15) is 128 Å². The fourth-order valence-electron chi connectivity index (χ4n) is 9.32. The van der Waals surface area contributed by atoms with Gasteiger partial charge in [-0.2, -0.15) is 0 Å². The van der Waals surface area contributed by atoms with E-state index in [2.05, 4.69) is 79.8 Å². The molecule has 0 aliphatic carbocycles. The van der Waals surface area contributed by atoms with Gasteiger partial charge in [-0.1, -0.05) is 0 Å². The van der Waals surface area contributed by atoms with Crippen molar-refractivity contribution in [1.82, 2.24) is 79.8 Å². The van der Waals surface area contributed by atoms with Crippen LogP contribution in [-0.4, -0.2) is 214 Å². The summed E-state index contributed by atoms with van der Waals surface area (Å²) in [5, 5.41) is 84.2. The molecule has 0 unspecified atom stereocenters. The van der Waals surface area contributed by atoms with Crippen molar-refractivity contribution in [2.75, 3.05) is 58.9 Å². The molecule has 0 saturated heterocycles. The molecule has 0 aliphatic heterocycles. The first-order valence-electron chi connectivity index (χ1n) is 32.2. The van der Waals surface area contributed by atoms with Crippen molar-refractivity contribution in [3.05, 3.63) is 0 Å². The first-order valence-corrected chi connectivity index (χ1v) is 32.2. The molecule has 43 N–H and O–H groups in total. The summed E-state index contributed by atoms with van der Waals surface area (Å²) in [5.41, 5.74) is 60.9. The zero-order valence-electron chi connectivity index (χ0n) is 55.5. The fraction of sp³-hybridized carbons (Fsp3) is 0.691. The summed E-state index contributed by atoms with van der Waals surface area (Å²) in [5.74, 6) is -12.2. The molecule has 0 bridgehead atoms. The molecule has 0 aromatic rings. The molecule has 0 rings (SSSR count). The molecule has 0 aromatic carbocycles. The van der Waals surface area contributed by atoms with E-state index < -0.39 is 150 Å². The van der Waals surface area contributed by atoms with Gasteiger partial charge in [0.05, 0.1) is 6.54 Å². The predicted molar refractivity (Wildman–Crippen MR) is 365 cm³/mol. The molecule has 0 spiro atoms. The Balaban J connectivity index is 7.52. The number of carbonyl (C=O) groups excluding carboxylic acids is 11. The third-order valence-corrected chi connectivity index (χ3v) is 14.4. The Labute approximate surface area is 568 Å². The number of nitrogens with one attached hydrogen (secondary N) is 21. The van der Waals surface area contributed by atoms with Gasteiger partial charge in [0.25, 0.3) is 0 Å². The normalized spacial score (nSPS) is 13.5. The van der Waals surface area contributed by atoms with Crippen LogP contribution < -0.4 is 143 Å².